The smallest absolute Gasteiger partial charge is 0.143 e. The summed E-state index contributed by atoms with van der Waals surface area (Å²) in [5.74, 6) is 0. The average Bonchev–Trinajstić information content (AvgIpc) is 3.66. The van der Waals surface area contributed by atoms with Gasteiger partial charge in [0, 0.05) is 21.6 Å². The standard InChI is InChI=1S/C49H32O/c1-49(2)42-21-11-9-14-32(42)33-25-23-30(28-43(33)49)46-37-18-7-5-16-35(37)45(36-17-6-8-19-38(36)46)29-24-26-39-41(27-29)31-13-3-4-15-34(31)47-40-20-10-12-22-44(40)50-48(39)47/h3-28H,1-2H3. The molecule has 0 fully saturated rings. The van der Waals surface area contributed by atoms with Gasteiger partial charge in [-0.2, -0.15) is 0 Å². The number of para-hydroxylation sites is 1. The van der Waals surface area contributed by atoms with Crippen molar-refractivity contribution in [3.63, 3.8) is 0 Å². The highest BCUT2D eigenvalue weighted by Crippen LogP contribution is 2.51. The fourth-order valence-corrected chi connectivity index (χ4v) is 9.17. The van der Waals surface area contributed by atoms with Crippen LogP contribution in [0.25, 0.3) is 98.4 Å². The lowest BCUT2D eigenvalue weighted by atomic mass is 9.80. The van der Waals surface area contributed by atoms with E-state index >= 15 is 0 Å². The molecule has 10 aromatic rings. The Bertz CT molecular complexity index is 3010. The predicted octanol–water partition coefficient (Wildman–Crippen LogP) is 13.8. The van der Waals surface area contributed by atoms with Crippen LogP contribution in [0.3, 0.4) is 0 Å². The summed E-state index contributed by atoms with van der Waals surface area (Å²) in [6, 6.07) is 58.2. The van der Waals surface area contributed by atoms with Gasteiger partial charge in [0.1, 0.15) is 11.2 Å². The SMILES string of the molecule is CC1(C)c2ccccc2-c2ccc(-c3c4ccccc4c(-c4ccc5c(c4)c4ccccc4c4c6ccccc6oc54)c4ccccc34)cc21. The Labute approximate surface area is 290 Å². The molecule has 0 unspecified atom stereocenters. The molecular weight excluding hydrogens is 605 g/mol. The van der Waals surface area contributed by atoms with Gasteiger partial charge in [0.2, 0.25) is 0 Å². The van der Waals surface area contributed by atoms with Gasteiger partial charge >= 0.3 is 0 Å². The molecule has 234 valence electrons. The molecule has 0 amide bonds. The lowest BCUT2D eigenvalue weighted by Gasteiger charge is -2.23. The summed E-state index contributed by atoms with van der Waals surface area (Å²) in [5, 5.41) is 12.2. The van der Waals surface area contributed by atoms with E-state index < -0.39 is 0 Å². The molecule has 9 aromatic carbocycles. The van der Waals surface area contributed by atoms with Gasteiger partial charge in [0.25, 0.3) is 0 Å². The molecule has 0 radical (unpaired) electrons. The van der Waals surface area contributed by atoms with E-state index in [9.17, 15) is 0 Å². The molecule has 0 atom stereocenters. The van der Waals surface area contributed by atoms with E-state index in [4.69, 9.17) is 4.42 Å². The number of furan rings is 1. The van der Waals surface area contributed by atoms with Gasteiger partial charge in [-0.3, -0.25) is 0 Å². The molecule has 1 aliphatic carbocycles. The maximum absolute atomic E-state index is 6.59. The number of fused-ring (bicyclic) bond motifs is 13. The summed E-state index contributed by atoms with van der Waals surface area (Å²) in [6.07, 6.45) is 0. The third-order valence-electron chi connectivity index (χ3n) is 11.4. The minimum absolute atomic E-state index is 0.0629. The zero-order valence-electron chi connectivity index (χ0n) is 27.9. The fraction of sp³-hybridized carbons (Fsp3) is 0.0612. The largest absolute Gasteiger partial charge is 0.455 e. The lowest BCUT2D eigenvalue weighted by Crippen LogP contribution is -2.14. The van der Waals surface area contributed by atoms with Gasteiger partial charge in [-0.05, 0) is 106 Å². The van der Waals surface area contributed by atoms with Gasteiger partial charge in [-0.25, -0.2) is 0 Å². The van der Waals surface area contributed by atoms with Crippen LogP contribution in [0.1, 0.15) is 25.0 Å². The Balaban J connectivity index is 1.20. The molecule has 1 nitrogen and oxygen atoms in total. The topological polar surface area (TPSA) is 13.1 Å². The maximum Gasteiger partial charge on any atom is 0.143 e. The van der Waals surface area contributed by atoms with Crippen molar-refractivity contribution in [2.45, 2.75) is 19.3 Å². The molecule has 1 heterocycles. The number of hydrogen-bond acceptors (Lipinski definition) is 1. The Morgan fingerprint density at radius 3 is 1.60 bits per heavy atom. The van der Waals surface area contributed by atoms with Gasteiger partial charge in [-0.15, -0.1) is 0 Å². The Morgan fingerprint density at radius 1 is 0.380 bits per heavy atom. The highest BCUT2D eigenvalue weighted by Gasteiger charge is 2.35. The molecule has 0 N–H and O–H groups in total. The van der Waals surface area contributed by atoms with Gasteiger partial charge in [-0.1, -0.05) is 147 Å². The van der Waals surface area contributed by atoms with E-state index in [1.807, 2.05) is 0 Å². The Kier molecular flexibility index (Phi) is 5.51. The van der Waals surface area contributed by atoms with Crippen molar-refractivity contribution in [1.82, 2.24) is 0 Å². The lowest BCUT2D eigenvalue weighted by molar-refractivity contribution is 0.660. The van der Waals surface area contributed by atoms with Crippen LogP contribution in [-0.4, -0.2) is 0 Å². The quantitative estimate of drug-likeness (QED) is 0.136. The number of hydrogen-bond donors (Lipinski definition) is 0. The van der Waals surface area contributed by atoms with Gasteiger partial charge in [0.05, 0.1) is 0 Å². The average molecular weight is 637 g/mol. The van der Waals surface area contributed by atoms with E-state index in [1.54, 1.807) is 0 Å². The number of benzene rings is 9. The molecule has 0 spiro atoms. The van der Waals surface area contributed by atoms with Crippen molar-refractivity contribution >= 4 is 65.0 Å². The third kappa shape index (κ3) is 3.62. The van der Waals surface area contributed by atoms with Crippen LogP contribution < -0.4 is 0 Å². The van der Waals surface area contributed by atoms with Crippen molar-refractivity contribution in [2.75, 3.05) is 0 Å². The van der Waals surface area contributed by atoms with Crippen LogP contribution >= 0.6 is 0 Å². The Hall–Kier alpha value is -6.18. The summed E-state index contributed by atoms with van der Waals surface area (Å²) in [6.45, 7) is 4.73. The zero-order chi connectivity index (χ0) is 33.1. The second kappa shape index (κ2) is 9.94. The van der Waals surface area contributed by atoms with Crippen LogP contribution in [0.15, 0.2) is 162 Å². The molecule has 50 heavy (non-hydrogen) atoms. The van der Waals surface area contributed by atoms with E-state index in [2.05, 4.69) is 172 Å². The van der Waals surface area contributed by atoms with Crippen molar-refractivity contribution in [3.8, 4) is 33.4 Å². The van der Waals surface area contributed by atoms with E-state index in [1.165, 1.54) is 87.6 Å². The van der Waals surface area contributed by atoms with Crippen LogP contribution in [0.2, 0.25) is 0 Å². The Morgan fingerprint density at radius 2 is 0.900 bits per heavy atom. The first-order valence-electron chi connectivity index (χ1n) is 17.5. The highest BCUT2D eigenvalue weighted by molar-refractivity contribution is 6.31. The number of rotatable bonds is 2. The van der Waals surface area contributed by atoms with Crippen LogP contribution in [0.4, 0.5) is 0 Å². The van der Waals surface area contributed by atoms with E-state index in [-0.39, 0.29) is 5.41 Å². The van der Waals surface area contributed by atoms with Crippen molar-refractivity contribution in [2.24, 2.45) is 0 Å². The summed E-state index contributed by atoms with van der Waals surface area (Å²) in [7, 11) is 0. The summed E-state index contributed by atoms with van der Waals surface area (Å²) < 4.78 is 6.59. The third-order valence-corrected chi connectivity index (χ3v) is 11.4. The second-order valence-corrected chi connectivity index (χ2v) is 14.4. The van der Waals surface area contributed by atoms with Crippen molar-refractivity contribution < 1.29 is 4.42 Å². The molecule has 11 rings (SSSR count). The molecule has 0 saturated heterocycles. The summed E-state index contributed by atoms with van der Waals surface area (Å²) in [4.78, 5) is 0. The molecule has 0 aliphatic heterocycles. The summed E-state index contributed by atoms with van der Waals surface area (Å²) >= 11 is 0. The van der Waals surface area contributed by atoms with Crippen LogP contribution in [0, 0.1) is 0 Å². The minimum atomic E-state index is -0.0629. The van der Waals surface area contributed by atoms with Gasteiger partial charge in [0.15, 0.2) is 0 Å². The molecule has 1 aromatic heterocycles. The second-order valence-electron chi connectivity index (χ2n) is 14.4. The molecule has 0 bridgehead atoms. The first-order chi connectivity index (χ1) is 24.6. The predicted molar refractivity (Wildman–Crippen MR) is 212 cm³/mol. The minimum Gasteiger partial charge on any atom is -0.455 e. The molecular formula is C49H32O. The maximum atomic E-state index is 6.59. The first kappa shape index (κ1) is 27.7. The summed E-state index contributed by atoms with van der Waals surface area (Å²) in [5.41, 5.74) is 12.4. The van der Waals surface area contributed by atoms with E-state index in [0.717, 1.165) is 21.9 Å². The highest BCUT2D eigenvalue weighted by atomic mass is 16.3. The van der Waals surface area contributed by atoms with Crippen LogP contribution in [0.5, 0.6) is 0 Å². The molecule has 0 saturated carbocycles. The fourth-order valence-electron chi connectivity index (χ4n) is 9.17. The molecule has 1 aliphatic rings. The molecule has 1 heteroatoms. The monoisotopic (exact) mass is 636 g/mol. The van der Waals surface area contributed by atoms with Crippen molar-refractivity contribution in [1.29, 1.82) is 0 Å². The normalized spacial score (nSPS) is 13.6. The van der Waals surface area contributed by atoms with Crippen molar-refractivity contribution in [3.05, 3.63) is 169 Å². The zero-order valence-corrected chi connectivity index (χ0v) is 27.9. The first-order valence-corrected chi connectivity index (χ1v) is 17.5. The van der Waals surface area contributed by atoms with Crippen LogP contribution in [-0.2, 0) is 5.41 Å². The van der Waals surface area contributed by atoms with E-state index in [0.29, 0.717) is 0 Å². The van der Waals surface area contributed by atoms with Gasteiger partial charge < -0.3 is 4.42 Å².